The van der Waals surface area contributed by atoms with Gasteiger partial charge in [-0.3, -0.25) is 4.79 Å². The molecule has 2 aromatic rings. The van der Waals surface area contributed by atoms with E-state index >= 15 is 0 Å². The van der Waals surface area contributed by atoms with Gasteiger partial charge in [-0.1, -0.05) is 0 Å². The zero-order chi connectivity index (χ0) is 17.9. The summed E-state index contributed by atoms with van der Waals surface area (Å²) < 4.78 is 18.4. The number of ether oxygens (including phenoxy) is 1. The Morgan fingerprint density at radius 3 is 2.62 bits per heavy atom. The number of amides is 1. The predicted octanol–water partition coefficient (Wildman–Crippen LogP) is 3.63. The van der Waals surface area contributed by atoms with Crippen molar-refractivity contribution < 1.29 is 13.9 Å². The van der Waals surface area contributed by atoms with Gasteiger partial charge in [-0.05, 0) is 57.1 Å². The van der Waals surface area contributed by atoms with Crippen LogP contribution in [-0.4, -0.2) is 37.7 Å². The van der Waals surface area contributed by atoms with E-state index in [2.05, 4.69) is 15.6 Å². The van der Waals surface area contributed by atoms with Crippen molar-refractivity contribution in [1.82, 2.24) is 10.3 Å². The van der Waals surface area contributed by atoms with Crippen molar-refractivity contribution in [3.63, 3.8) is 0 Å². The largest absolute Gasteiger partial charge is 0.384 e. The number of anilines is 1. The summed E-state index contributed by atoms with van der Waals surface area (Å²) >= 11 is 1.43. The molecule has 1 fully saturated rings. The standard InChI is InChI=1S/C18H22FN3O2S.ClH/c1-12-15(13-3-5-14(19)6-4-13)21-17(25-12)22-16(23)18(11-24-2)7-9-20-10-8-18;/h3-6,20H,7-11H2,1-2H3,(H,21,22,23);1H. The summed E-state index contributed by atoms with van der Waals surface area (Å²) in [5.74, 6) is -0.326. The van der Waals surface area contributed by atoms with Gasteiger partial charge < -0.3 is 15.4 Å². The molecule has 1 aromatic carbocycles. The molecule has 0 aliphatic carbocycles. The number of carbonyl (C=O) groups is 1. The minimum absolute atomic E-state index is 0. The molecule has 1 aliphatic heterocycles. The Morgan fingerprint density at radius 1 is 1.35 bits per heavy atom. The molecule has 0 spiro atoms. The Labute approximate surface area is 162 Å². The highest BCUT2D eigenvalue weighted by Crippen LogP contribution is 2.34. The molecule has 1 amide bonds. The number of thiazole rings is 1. The third kappa shape index (κ3) is 4.40. The molecular formula is C18H23ClFN3O2S. The summed E-state index contributed by atoms with van der Waals surface area (Å²) in [5.41, 5.74) is 1.09. The van der Waals surface area contributed by atoms with Crippen molar-refractivity contribution in [2.75, 3.05) is 32.1 Å². The van der Waals surface area contributed by atoms with E-state index in [1.54, 1.807) is 19.2 Å². The van der Waals surface area contributed by atoms with Crippen LogP contribution in [0.5, 0.6) is 0 Å². The molecule has 26 heavy (non-hydrogen) atoms. The highest BCUT2D eigenvalue weighted by molar-refractivity contribution is 7.16. The Bertz CT molecular complexity index is 740. The lowest BCUT2D eigenvalue weighted by Crippen LogP contribution is -2.47. The average Bonchev–Trinajstić information content (AvgIpc) is 2.97. The molecule has 2 heterocycles. The third-order valence-corrected chi connectivity index (χ3v) is 5.48. The van der Waals surface area contributed by atoms with Crippen LogP contribution < -0.4 is 10.6 Å². The van der Waals surface area contributed by atoms with Crippen LogP contribution in [0.3, 0.4) is 0 Å². The van der Waals surface area contributed by atoms with Crippen LogP contribution >= 0.6 is 23.7 Å². The Balaban J connectivity index is 0.00000243. The fraction of sp³-hybridized carbons (Fsp3) is 0.444. The van der Waals surface area contributed by atoms with E-state index in [1.165, 1.54) is 23.5 Å². The van der Waals surface area contributed by atoms with Gasteiger partial charge in [-0.2, -0.15) is 0 Å². The van der Waals surface area contributed by atoms with Crippen molar-refractivity contribution in [2.45, 2.75) is 19.8 Å². The first-order valence-electron chi connectivity index (χ1n) is 8.28. The summed E-state index contributed by atoms with van der Waals surface area (Å²) in [4.78, 5) is 18.4. The molecule has 2 N–H and O–H groups in total. The minimum Gasteiger partial charge on any atom is -0.384 e. The molecular weight excluding hydrogens is 377 g/mol. The number of nitrogens with one attached hydrogen (secondary N) is 2. The topological polar surface area (TPSA) is 63.2 Å². The van der Waals surface area contributed by atoms with E-state index in [0.717, 1.165) is 42.1 Å². The van der Waals surface area contributed by atoms with E-state index < -0.39 is 5.41 Å². The number of carbonyl (C=O) groups excluding carboxylic acids is 1. The van der Waals surface area contributed by atoms with Crippen LogP contribution in [0, 0.1) is 18.2 Å². The van der Waals surface area contributed by atoms with Gasteiger partial charge >= 0.3 is 0 Å². The Morgan fingerprint density at radius 2 is 2.00 bits per heavy atom. The van der Waals surface area contributed by atoms with Crippen LogP contribution in [0.4, 0.5) is 9.52 Å². The maximum absolute atomic E-state index is 13.1. The quantitative estimate of drug-likeness (QED) is 0.805. The summed E-state index contributed by atoms with van der Waals surface area (Å²) in [6, 6.07) is 6.22. The van der Waals surface area contributed by atoms with Gasteiger partial charge in [0.05, 0.1) is 17.7 Å². The van der Waals surface area contributed by atoms with Crippen LogP contribution in [-0.2, 0) is 9.53 Å². The number of halogens is 2. The number of nitrogens with zero attached hydrogens (tertiary/aromatic N) is 1. The highest BCUT2D eigenvalue weighted by Gasteiger charge is 2.40. The van der Waals surface area contributed by atoms with Crippen molar-refractivity contribution in [3.05, 3.63) is 35.0 Å². The number of benzene rings is 1. The molecule has 0 unspecified atom stereocenters. The molecule has 0 radical (unpaired) electrons. The minimum atomic E-state index is -0.518. The second kappa shape index (κ2) is 8.90. The maximum Gasteiger partial charge on any atom is 0.234 e. The monoisotopic (exact) mass is 399 g/mol. The van der Waals surface area contributed by atoms with E-state index in [0.29, 0.717) is 11.7 Å². The first kappa shape index (κ1) is 20.8. The van der Waals surface area contributed by atoms with Crippen LogP contribution in [0.15, 0.2) is 24.3 Å². The molecule has 0 bridgehead atoms. The lowest BCUT2D eigenvalue weighted by Gasteiger charge is -2.35. The first-order chi connectivity index (χ1) is 12.0. The van der Waals surface area contributed by atoms with Crippen LogP contribution in [0.2, 0.25) is 0 Å². The van der Waals surface area contributed by atoms with Crippen molar-refractivity contribution in [3.8, 4) is 11.3 Å². The zero-order valence-corrected chi connectivity index (χ0v) is 16.4. The van der Waals surface area contributed by atoms with Gasteiger partial charge in [0.15, 0.2) is 5.13 Å². The Kier molecular flexibility index (Phi) is 7.11. The molecule has 0 saturated carbocycles. The molecule has 142 valence electrons. The van der Waals surface area contributed by atoms with Crippen LogP contribution in [0.1, 0.15) is 17.7 Å². The average molecular weight is 400 g/mol. The van der Waals surface area contributed by atoms with E-state index in [-0.39, 0.29) is 24.1 Å². The third-order valence-electron chi connectivity index (χ3n) is 4.60. The number of piperidine rings is 1. The number of methoxy groups -OCH3 is 1. The lowest BCUT2D eigenvalue weighted by atomic mass is 9.79. The SMILES string of the molecule is COCC1(C(=O)Nc2nc(-c3ccc(F)cc3)c(C)s2)CCNCC1.Cl. The molecule has 1 aromatic heterocycles. The Hall–Kier alpha value is -1.54. The maximum atomic E-state index is 13.1. The van der Waals surface area contributed by atoms with Crippen molar-refractivity contribution in [1.29, 1.82) is 0 Å². The number of aryl methyl sites for hydroxylation is 1. The summed E-state index contributed by atoms with van der Waals surface area (Å²) in [5, 5.41) is 6.81. The summed E-state index contributed by atoms with van der Waals surface area (Å²) in [7, 11) is 1.62. The summed E-state index contributed by atoms with van der Waals surface area (Å²) in [6.45, 7) is 3.94. The second-order valence-corrected chi connectivity index (χ2v) is 7.55. The van der Waals surface area contributed by atoms with Gasteiger partial charge in [0.2, 0.25) is 5.91 Å². The zero-order valence-electron chi connectivity index (χ0n) is 14.8. The molecule has 8 heteroatoms. The van der Waals surface area contributed by atoms with Crippen molar-refractivity contribution in [2.24, 2.45) is 5.41 Å². The molecule has 1 aliphatic rings. The second-order valence-electron chi connectivity index (χ2n) is 6.35. The van der Waals surface area contributed by atoms with E-state index in [4.69, 9.17) is 4.74 Å². The number of rotatable bonds is 5. The van der Waals surface area contributed by atoms with E-state index in [1.807, 2.05) is 6.92 Å². The molecule has 1 saturated heterocycles. The molecule has 5 nitrogen and oxygen atoms in total. The fourth-order valence-corrected chi connectivity index (χ4v) is 4.00. The number of aromatic nitrogens is 1. The first-order valence-corrected chi connectivity index (χ1v) is 9.10. The van der Waals surface area contributed by atoms with Gasteiger partial charge in [-0.25, -0.2) is 9.37 Å². The smallest absolute Gasteiger partial charge is 0.234 e. The van der Waals surface area contributed by atoms with Gasteiger partial charge in [0, 0.05) is 17.6 Å². The molecule has 0 atom stereocenters. The predicted molar refractivity (Wildman–Crippen MR) is 105 cm³/mol. The van der Waals surface area contributed by atoms with Crippen LogP contribution in [0.25, 0.3) is 11.3 Å². The van der Waals surface area contributed by atoms with Gasteiger partial charge in [0.25, 0.3) is 0 Å². The molecule has 3 rings (SSSR count). The normalized spacial score (nSPS) is 16.0. The number of hydrogen-bond acceptors (Lipinski definition) is 5. The van der Waals surface area contributed by atoms with Gasteiger partial charge in [-0.15, -0.1) is 23.7 Å². The van der Waals surface area contributed by atoms with E-state index in [9.17, 15) is 9.18 Å². The lowest BCUT2D eigenvalue weighted by molar-refractivity contribution is -0.130. The van der Waals surface area contributed by atoms with Gasteiger partial charge in [0.1, 0.15) is 5.82 Å². The highest BCUT2D eigenvalue weighted by atomic mass is 35.5. The van der Waals surface area contributed by atoms with Crippen molar-refractivity contribution >= 4 is 34.8 Å². The summed E-state index contributed by atoms with van der Waals surface area (Å²) in [6.07, 6.45) is 1.48. The fourth-order valence-electron chi connectivity index (χ4n) is 3.17. The number of hydrogen-bond donors (Lipinski definition) is 2.